The second-order valence-corrected chi connectivity index (χ2v) is 4.56. The highest BCUT2D eigenvalue weighted by molar-refractivity contribution is 6.04. The molecule has 1 aliphatic heterocycles. The van der Waals surface area contributed by atoms with Crippen molar-refractivity contribution in [3.8, 4) is 0 Å². The first-order chi connectivity index (χ1) is 10.0. The van der Waals surface area contributed by atoms with Gasteiger partial charge < -0.3 is 25.2 Å². The van der Waals surface area contributed by atoms with Gasteiger partial charge in [-0.2, -0.15) is 0 Å². The Bertz CT molecular complexity index is 422. The van der Waals surface area contributed by atoms with Gasteiger partial charge in [0.15, 0.2) is 0 Å². The molecule has 0 unspecified atom stereocenters. The molecule has 0 saturated carbocycles. The second kappa shape index (κ2) is 11.2. The van der Waals surface area contributed by atoms with Crippen LogP contribution < -0.4 is 0 Å². The summed E-state index contributed by atoms with van der Waals surface area (Å²) in [6.45, 7) is 3.69. The van der Waals surface area contributed by atoms with E-state index >= 15 is 0 Å². The molecule has 0 aromatic rings. The summed E-state index contributed by atoms with van der Waals surface area (Å²) >= 11 is 0. The van der Waals surface area contributed by atoms with Crippen molar-refractivity contribution in [3.63, 3.8) is 0 Å². The third-order valence-electron chi connectivity index (χ3n) is 1.78. The van der Waals surface area contributed by atoms with E-state index in [-0.39, 0.29) is 18.6 Å². The zero-order chi connectivity index (χ0) is 17.8. The van der Waals surface area contributed by atoms with Crippen molar-refractivity contribution < 1.29 is 44.3 Å². The maximum absolute atomic E-state index is 9.92. The van der Waals surface area contributed by atoms with Crippen LogP contribution in [0.25, 0.3) is 0 Å². The average molecular weight is 318 g/mol. The normalized spacial score (nSPS) is 12.9. The van der Waals surface area contributed by atoms with E-state index in [1.807, 2.05) is 0 Å². The lowest BCUT2D eigenvalue weighted by Crippen LogP contribution is -2.20. The van der Waals surface area contributed by atoms with Crippen LogP contribution in [0.4, 0.5) is 0 Å². The Morgan fingerprint density at radius 2 is 1.32 bits per heavy atom. The van der Waals surface area contributed by atoms with Gasteiger partial charge in [-0.05, 0) is 0 Å². The number of aliphatic hydroxyl groups excluding tert-OH is 2. The molecule has 9 heteroatoms. The van der Waals surface area contributed by atoms with Crippen molar-refractivity contribution in [2.24, 2.45) is 5.41 Å². The van der Waals surface area contributed by atoms with Gasteiger partial charge in [-0.1, -0.05) is 13.8 Å². The van der Waals surface area contributed by atoms with E-state index in [2.05, 4.69) is 4.74 Å². The number of carbonyl (C=O) groups excluding carboxylic acids is 2. The smallest absolute Gasteiger partial charge is 0.338 e. The third kappa shape index (κ3) is 15.5. The summed E-state index contributed by atoms with van der Waals surface area (Å²) in [7, 11) is 0. The maximum atomic E-state index is 9.92. The van der Waals surface area contributed by atoms with E-state index in [0.29, 0.717) is 12.2 Å². The van der Waals surface area contributed by atoms with Crippen LogP contribution in [0.3, 0.4) is 0 Å². The van der Waals surface area contributed by atoms with Gasteiger partial charge in [0.05, 0.1) is 13.2 Å². The zero-order valence-electron chi connectivity index (χ0n) is 12.1. The van der Waals surface area contributed by atoms with Crippen molar-refractivity contribution in [1.29, 1.82) is 0 Å². The fraction of sp³-hybridized carbons (Fsp3) is 0.385. The van der Waals surface area contributed by atoms with Crippen LogP contribution in [0.5, 0.6) is 0 Å². The number of esters is 2. The molecule has 0 amide bonds. The summed E-state index contributed by atoms with van der Waals surface area (Å²) in [6, 6.07) is 0. The van der Waals surface area contributed by atoms with Gasteiger partial charge >= 0.3 is 23.9 Å². The third-order valence-corrected chi connectivity index (χ3v) is 1.78. The lowest BCUT2D eigenvalue weighted by Gasteiger charge is -2.16. The number of aliphatic hydroxyl groups is 2. The molecule has 4 N–H and O–H groups in total. The minimum absolute atomic E-state index is 0.0451. The monoisotopic (exact) mass is 318 g/mol. The van der Waals surface area contributed by atoms with E-state index in [1.54, 1.807) is 13.8 Å². The number of hydrogen-bond acceptors (Lipinski definition) is 7. The van der Waals surface area contributed by atoms with Gasteiger partial charge in [-0.15, -0.1) is 0 Å². The summed E-state index contributed by atoms with van der Waals surface area (Å²) < 4.78 is 3.97. The van der Waals surface area contributed by atoms with Crippen molar-refractivity contribution in [2.45, 2.75) is 13.8 Å². The average Bonchev–Trinajstić information content (AvgIpc) is 2.81. The molecule has 0 aliphatic carbocycles. The van der Waals surface area contributed by atoms with Crippen LogP contribution in [0, 0.1) is 5.41 Å². The molecule has 0 aromatic heterocycles. The fourth-order valence-corrected chi connectivity index (χ4v) is 0.496. The standard InChI is InChI=1S/C5H12O2.C4H4O4.C4H2O3/c1-5(2,3-6)4-7;5-3(6)1-2-4(7)8;5-3-1-2-4(6)7-3/h6-7H,3-4H2,1-2H3;1-2H,(H,5,6)(H,7,8);1-2H/b;2-1+;. The second-order valence-electron chi connectivity index (χ2n) is 4.56. The van der Waals surface area contributed by atoms with Crippen LogP contribution in [0.15, 0.2) is 24.3 Å². The number of ether oxygens (including phenoxy) is 1. The highest BCUT2D eigenvalue weighted by Gasteiger charge is 2.13. The summed E-state index contributed by atoms with van der Waals surface area (Å²) in [5.74, 6) is -3.67. The lowest BCUT2D eigenvalue weighted by molar-refractivity contribution is -0.150. The van der Waals surface area contributed by atoms with E-state index in [9.17, 15) is 19.2 Å². The molecule has 22 heavy (non-hydrogen) atoms. The molecular weight excluding hydrogens is 300 g/mol. The molecule has 0 spiro atoms. The minimum atomic E-state index is -1.26. The highest BCUT2D eigenvalue weighted by atomic mass is 16.6. The number of cyclic esters (lactones) is 2. The summed E-state index contributed by atoms with van der Waals surface area (Å²) in [5, 5.41) is 32.5. The molecule has 0 aromatic carbocycles. The van der Waals surface area contributed by atoms with Crippen molar-refractivity contribution in [1.82, 2.24) is 0 Å². The number of hydrogen-bond donors (Lipinski definition) is 4. The summed E-state index contributed by atoms with van der Waals surface area (Å²) in [4.78, 5) is 39.0. The van der Waals surface area contributed by atoms with Crippen molar-refractivity contribution in [3.05, 3.63) is 24.3 Å². The molecule has 124 valence electrons. The molecule has 0 saturated heterocycles. The van der Waals surface area contributed by atoms with Crippen molar-refractivity contribution >= 4 is 23.9 Å². The van der Waals surface area contributed by atoms with E-state index in [1.165, 1.54) is 0 Å². The number of carboxylic acid groups (broad SMARTS) is 2. The van der Waals surface area contributed by atoms with Crippen LogP contribution in [-0.4, -0.2) is 57.5 Å². The van der Waals surface area contributed by atoms with Crippen LogP contribution >= 0.6 is 0 Å². The molecule has 1 heterocycles. The topological polar surface area (TPSA) is 158 Å². The fourth-order valence-electron chi connectivity index (χ4n) is 0.496. The molecular formula is C13H18O9. The predicted octanol–water partition coefficient (Wildman–Crippen LogP) is -0.665. The van der Waals surface area contributed by atoms with Gasteiger partial charge in [0.1, 0.15) is 0 Å². The lowest BCUT2D eigenvalue weighted by atomic mass is 9.97. The zero-order valence-corrected chi connectivity index (χ0v) is 12.1. The first-order valence-electron chi connectivity index (χ1n) is 5.83. The maximum Gasteiger partial charge on any atom is 0.338 e. The molecule has 0 bridgehead atoms. The van der Waals surface area contributed by atoms with Crippen LogP contribution in [0.1, 0.15) is 13.8 Å². The first-order valence-corrected chi connectivity index (χ1v) is 5.83. The van der Waals surface area contributed by atoms with E-state index in [4.69, 9.17) is 20.4 Å². The Balaban J connectivity index is 0. The van der Waals surface area contributed by atoms with Gasteiger partial charge in [-0.25, -0.2) is 19.2 Å². The highest BCUT2D eigenvalue weighted by Crippen LogP contribution is 2.10. The number of carbonyl (C=O) groups is 4. The van der Waals surface area contributed by atoms with Crippen LogP contribution in [0.2, 0.25) is 0 Å². The Kier molecular flexibility index (Phi) is 11.1. The van der Waals surface area contributed by atoms with Gasteiger partial charge in [0.25, 0.3) is 0 Å². The summed E-state index contributed by atoms with van der Waals surface area (Å²) in [6.07, 6.45) is 3.29. The van der Waals surface area contributed by atoms with Gasteiger partial charge in [0.2, 0.25) is 0 Å². The number of aliphatic carboxylic acids is 2. The van der Waals surface area contributed by atoms with Crippen molar-refractivity contribution in [2.75, 3.05) is 13.2 Å². The summed E-state index contributed by atoms with van der Waals surface area (Å²) in [5.41, 5.74) is -0.306. The Labute approximate surface area is 126 Å². The largest absolute Gasteiger partial charge is 0.478 e. The van der Waals surface area contributed by atoms with E-state index in [0.717, 1.165) is 12.2 Å². The predicted molar refractivity (Wildman–Crippen MR) is 72.6 cm³/mol. The molecule has 0 atom stereocenters. The Morgan fingerprint density at radius 3 is 1.41 bits per heavy atom. The van der Waals surface area contributed by atoms with E-state index < -0.39 is 23.9 Å². The molecule has 1 aliphatic rings. The van der Waals surface area contributed by atoms with Crippen LogP contribution in [-0.2, 0) is 23.9 Å². The quantitative estimate of drug-likeness (QED) is 0.299. The molecule has 1 rings (SSSR count). The van der Waals surface area contributed by atoms with Gasteiger partial charge in [0, 0.05) is 29.7 Å². The number of rotatable bonds is 4. The molecule has 9 nitrogen and oxygen atoms in total. The van der Waals surface area contributed by atoms with Gasteiger partial charge in [-0.3, -0.25) is 0 Å². The molecule has 0 fully saturated rings. The number of carboxylic acids is 2. The Hall–Kier alpha value is -2.52. The Morgan fingerprint density at radius 1 is 1.00 bits per heavy atom. The molecule has 0 radical (unpaired) electrons. The minimum Gasteiger partial charge on any atom is -0.478 e. The first kappa shape index (κ1) is 21.8. The SMILES string of the molecule is CC(C)(CO)CO.O=C(O)/C=C/C(=O)O.O=C1C=CC(=O)O1.